The number of piperazine rings is 1. The smallest absolute Gasteiger partial charge is 0.343 e. The summed E-state index contributed by atoms with van der Waals surface area (Å²) in [5.41, 5.74) is 9.54. The second-order valence-corrected chi connectivity index (χ2v) is 9.46. The van der Waals surface area contributed by atoms with E-state index in [4.69, 9.17) is 15.5 Å². The summed E-state index contributed by atoms with van der Waals surface area (Å²) in [6.07, 6.45) is 0.117. The highest BCUT2D eigenvalue weighted by Crippen LogP contribution is 2.43. The summed E-state index contributed by atoms with van der Waals surface area (Å²) < 4.78 is 6.88. The number of hydrogen-bond acceptors (Lipinski definition) is 8. The Labute approximate surface area is 196 Å². The first kappa shape index (κ1) is 21.1. The molecular formula is C25H27N5O4. The Hall–Kier alpha value is -3.43. The average molecular weight is 462 g/mol. The maximum absolute atomic E-state index is 13.6. The highest BCUT2D eigenvalue weighted by molar-refractivity contribution is 5.99. The molecule has 3 aliphatic rings. The van der Waals surface area contributed by atoms with Crippen molar-refractivity contribution in [2.24, 2.45) is 0 Å². The number of benzene rings is 1. The largest absolute Gasteiger partial charge is 0.458 e. The van der Waals surface area contributed by atoms with Gasteiger partial charge < -0.3 is 29.9 Å². The molecule has 176 valence electrons. The van der Waals surface area contributed by atoms with Crippen LogP contribution in [-0.4, -0.2) is 58.8 Å². The number of nitrogens with zero attached hydrogens (tertiary/aromatic N) is 4. The number of carbonyl (C=O) groups is 1. The summed E-state index contributed by atoms with van der Waals surface area (Å²) in [6.45, 7) is 5.53. The molecule has 3 N–H and O–H groups in total. The van der Waals surface area contributed by atoms with Crippen LogP contribution in [0.25, 0.3) is 22.3 Å². The summed E-state index contributed by atoms with van der Waals surface area (Å²) in [4.78, 5) is 35.6. The standard InChI is InChI=1S/C25H27N5O4/c1-3-25(33)18-11-20-21-16(12-30(20)23(31)17(18)13-34-24(25)32)22(29-8-6-28(2)7-9-29)15-10-14(26)4-5-19(15)27-21/h4-5,10-11,33H,3,6-9,12-13,26H2,1-2H3/t25-/m0/s1. The van der Waals surface area contributed by atoms with Gasteiger partial charge in [0.25, 0.3) is 5.56 Å². The van der Waals surface area contributed by atoms with Gasteiger partial charge in [-0.3, -0.25) is 4.79 Å². The third kappa shape index (κ3) is 2.83. The van der Waals surface area contributed by atoms with Gasteiger partial charge in [0.15, 0.2) is 5.60 Å². The Morgan fingerprint density at radius 3 is 2.65 bits per heavy atom. The first-order valence-corrected chi connectivity index (χ1v) is 11.6. The van der Waals surface area contributed by atoms with Gasteiger partial charge in [0.1, 0.15) is 6.61 Å². The van der Waals surface area contributed by atoms with Crippen LogP contribution >= 0.6 is 0 Å². The molecule has 0 radical (unpaired) electrons. The Balaban J connectivity index is 1.62. The minimum atomic E-state index is -1.84. The number of nitrogen functional groups attached to an aromatic ring is 1. The molecule has 0 saturated carbocycles. The van der Waals surface area contributed by atoms with E-state index in [-0.39, 0.29) is 18.6 Å². The Morgan fingerprint density at radius 2 is 1.91 bits per heavy atom. The summed E-state index contributed by atoms with van der Waals surface area (Å²) in [5.74, 6) is -0.717. The van der Waals surface area contributed by atoms with Crippen molar-refractivity contribution in [1.29, 1.82) is 0 Å². The van der Waals surface area contributed by atoms with E-state index >= 15 is 0 Å². The van der Waals surface area contributed by atoms with E-state index in [1.807, 2.05) is 18.2 Å². The van der Waals surface area contributed by atoms with Crippen LogP contribution in [0.5, 0.6) is 0 Å². The fourth-order valence-corrected chi connectivity index (χ4v) is 5.47. The average Bonchev–Trinajstić information content (AvgIpc) is 3.19. The number of pyridine rings is 2. The lowest BCUT2D eigenvalue weighted by Crippen LogP contribution is -2.45. The van der Waals surface area contributed by atoms with Gasteiger partial charge >= 0.3 is 5.97 Å². The predicted molar refractivity (Wildman–Crippen MR) is 129 cm³/mol. The molecule has 0 unspecified atom stereocenters. The Morgan fingerprint density at radius 1 is 1.15 bits per heavy atom. The zero-order valence-corrected chi connectivity index (χ0v) is 19.3. The van der Waals surface area contributed by atoms with E-state index < -0.39 is 11.6 Å². The van der Waals surface area contributed by atoms with Gasteiger partial charge in [-0.15, -0.1) is 0 Å². The van der Waals surface area contributed by atoms with E-state index in [1.165, 1.54) is 0 Å². The molecule has 0 spiro atoms. The molecule has 0 bridgehead atoms. The monoisotopic (exact) mass is 461 g/mol. The van der Waals surface area contributed by atoms with Crippen molar-refractivity contribution < 1.29 is 14.6 Å². The lowest BCUT2D eigenvalue weighted by molar-refractivity contribution is -0.172. The van der Waals surface area contributed by atoms with Crippen LogP contribution in [0.15, 0.2) is 29.1 Å². The predicted octanol–water partition coefficient (Wildman–Crippen LogP) is 1.41. The number of aromatic nitrogens is 2. The maximum atomic E-state index is 13.6. The number of nitrogens with two attached hydrogens (primary N) is 1. The lowest BCUT2D eigenvalue weighted by Gasteiger charge is -2.35. The molecular weight excluding hydrogens is 434 g/mol. The SMILES string of the molecule is CC[C@@]1(O)C(=O)OCc2c1cc1n(c2=O)Cc2c-1nc1ccc(N)cc1c2N1CCN(C)CC1. The summed E-state index contributed by atoms with van der Waals surface area (Å²) in [5, 5.41) is 12.1. The zero-order valence-electron chi connectivity index (χ0n) is 19.3. The quantitative estimate of drug-likeness (QED) is 0.340. The van der Waals surface area contributed by atoms with Crippen LogP contribution in [0.3, 0.4) is 0 Å². The normalized spacial score (nSPS) is 21.9. The van der Waals surface area contributed by atoms with Crippen LogP contribution in [0.2, 0.25) is 0 Å². The fraction of sp³-hybridized carbons (Fsp3) is 0.400. The van der Waals surface area contributed by atoms with E-state index in [0.29, 0.717) is 34.7 Å². The van der Waals surface area contributed by atoms with Gasteiger partial charge in [0.05, 0.1) is 34.7 Å². The fourth-order valence-electron chi connectivity index (χ4n) is 5.47. The molecule has 2 aromatic heterocycles. The van der Waals surface area contributed by atoms with Crippen molar-refractivity contribution in [2.75, 3.05) is 43.9 Å². The number of fused-ring (bicyclic) bond motifs is 5. The number of cyclic esters (lactones) is 1. The first-order chi connectivity index (χ1) is 16.3. The van der Waals surface area contributed by atoms with Crippen molar-refractivity contribution in [3.8, 4) is 11.4 Å². The van der Waals surface area contributed by atoms with Crippen molar-refractivity contribution in [3.63, 3.8) is 0 Å². The topological polar surface area (TPSA) is 114 Å². The maximum Gasteiger partial charge on any atom is 0.343 e. The number of rotatable bonds is 2. The first-order valence-electron chi connectivity index (χ1n) is 11.6. The Bertz CT molecular complexity index is 1420. The van der Waals surface area contributed by atoms with Gasteiger partial charge in [0, 0.05) is 48.4 Å². The van der Waals surface area contributed by atoms with Gasteiger partial charge in [-0.1, -0.05) is 6.92 Å². The molecule has 1 atom stereocenters. The molecule has 1 saturated heterocycles. The third-order valence-electron chi connectivity index (χ3n) is 7.50. The molecule has 0 amide bonds. The molecule has 1 fully saturated rings. The second kappa shape index (κ2) is 7.28. The summed E-state index contributed by atoms with van der Waals surface area (Å²) in [7, 11) is 2.11. The molecule has 34 heavy (non-hydrogen) atoms. The van der Waals surface area contributed by atoms with Crippen molar-refractivity contribution in [1.82, 2.24) is 14.5 Å². The minimum absolute atomic E-state index is 0.117. The highest BCUT2D eigenvalue weighted by Gasteiger charge is 2.45. The molecule has 1 aromatic carbocycles. The van der Waals surface area contributed by atoms with Crippen LogP contribution in [0, 0.1) is 0 Å². The second-order valence-electron chi connectivity index (χ2n) is 9.46. The highest BCUT2D eigenvalue weighted by atomic mass is 16.6. The van der Waals surface area contributed by atoms with Gasteiger partial charge in [-0.25, -0.2) is 9.78 Å². The number of hydrogen-bond donors (Lipinski definition) is 2. The van der Waals surface area contributed by atoms with Crippen LogP contribution in [-0.2, 0) is 28.3 Å². The number of ether oxygens (including phenoxy) is 1. The molecule has 6 rings (SSSR count). The van der Waals surface area contributed by atoms with Crippen molar-refractivity contribution in [2.45, 2.75) is 32.1 Å². The number of esters is 1. The molecule has 3 aliphatic heterocycles. The lowest BCUT2D eigenvalue weighted by atomic mass is 9.86. The number of anilines is 2. The number of likely N-dealkylation sites (N-methyl/N-ethyl adjacent to an activating group) is 1. The molecule has 9 heteroatoms. The van der Waals surface area contributed by atoms with E-state index in [0.717, 1.165) is 48.3 Å². The number of aliphatic hydroxyl groups is 1. The minimum Gasteiger partial charge on any atom is -0.458 e. The molecule has 3 aromatic rings. The molecule has 9 nitrogen and oxygen atoms in total. The number of carbonyl (C=O) groups excluding carboxylic acids is 1. The van der Waals surface area contributed by atoms with Crippen LogP contribution in [0.1, 0.15) is 30.0 Å². The van der Waals surface area contributed by atoms with Crippen molar-refractivity contribution in [3.05, 3.63) is 51.3 Å². The van der Waals surface area contributed by atoms with Crippen LogP contribution < -0.4 is 16.2 Å². The Kier molecular flexibility index (Phi) is 4.53. The van der Waals surface area contributed by atoms with Gasteiger partial charge in [0.2, 0.25) is 0 Å². The van der Waals surface area contributed by atoms with E-state index in [1.54, 1.807) is 17.6 Å². The zero-order chi connectivity index (χ0) is 23.8. The molecule has 5 heterocycles. The van der Waals surface area contributed by atoms with Gasteiger partial charge in [-0.05, 0) is 37.7 Å². The van der Waals surface area contributed by atoms with Crippen LogP contribution in [0.4, 0.5) is 11.4 Å². The van der Waals surface area contributed by atoms with E-state index in [2.05, 4.69) is 16.8 Å². The summed E-state index contributed by atoms with van der Waals surface area (Å²) in [6, 6.07) is 7.45. The van der Waals surface area contributed by atoms with E-state index in [9.17, 15) is 14.7 Å². The third-order valence-corrected chi connectivity index (χ3v) is 7.50. The van der Waals surface area contributed by atoms with Crippen molar-refractivity contribution >= 4 is 28.2 Å². The molecule has 0 aliphatic carbocycles. The van der Waals surface area contributed by atoms with Gasteiger partial charge in [-0.2, -0.15) is 0 Å². The summed E-state index contributed by atoms with van der Waals surface area (Å²) >= 11 is 0.